The maximum atomic E-state index is 11.6. The Kier molecular flexibility index (Phi) is 4.43. The zero-order chi connectivity index (χ0) is 11.4. The second kappa shape index (κ2) is 5.38. The van der Waals surface area contributed by atoms with Gasteiger partial charge in [-0.2, -0.15) is 0 Å². The summed E-state index contributed by atoms with van der Waals surface area (Å²) in [7, 11) is 0. The Labute approximate surface area is 99.6 Å². The summed E-state index contributed by atoms with van der Waals surface area (Å²) < 4.78 is 0. The summed E-state index contributed by atoms with van der Waals surface area (Å²) in [5, 5.41) is 3.09. The van der Waals surface area contributed by atoms with Crippen molar-refractivity contribution in [2.75, 3.05) is 6.54 Å². The van der Waals surface area contributed by atoms with Crippen molar-refractivity contribution in [1.82, 2.24) is 5.32 Å². The Morgan fingerprint density at radius 3 is 2.73 bits per heavy atom. The first-order valence-electron chi connectivity index (χ1n) is 4.69. The third kappa shape index (κ3) is 3.73. The van der Waals surface area contributed by atoms with E-state index in [9.17, 15) is 4.79 Å². The van der Waals surface area contributed by atoms with Crippen LogP contribution >= 0.6 is 23.2 Å². The number of nitrogens with one attached hydrogen (secondary N) is 1. The molecule has 1 amide bonds. The highest BCUT2D eigenvalue weighted by Gasteiger charge is 2.10. The summed E-state index contributed by atoms with van der Waals surface area (Å²) in [5.74, 6) is -0.187. The monoisotopic (exact) mass is 245 g/mol. The molecule has 4 heteroatoms. The number of halogens is 2. The van der Waals surface area contributed by atoms with E-state index in [1.807, 2.05) is 19.9 Å². The van der Waals surface area contributed by atoms with Gasteiger partial charge in [0, 0.05) is 11.9 Å². The molecule has 1 rings (SSSR count). The number of carbonyl (C=O) groups is 1. The van der Waals surface area contributed by atoms with Crippen molar-refractivity contribution >= 4 is 29.1 Å². The number of carbonyl (C=O) groups excluding carboxylic acids is 1. The van der Waals surface area contributed by atoms with E-state index < -0.39 is 0 Å². The molecule has 0 heterocycles. The summed E-state index contributed by atoms with van der Waals surface area (Å²) in [5.41, 5.74) is 1.52. The van der Waals surface area contributed by atoms with Crippen LogP contribution in [0.5, 0.6) is 0 Å². The van der Waals surface area contributed by atoms with Gasteiger partial charge in [-0.1, -0.05) is 17.7 Å². The first-order valence-corrected chi connectivity index (χ1v) is 5.50. The van der Waals surface area contributed by atoms with Gasteiger partial charge in [0.1, 0.15) is 0 Å². The zero-order valence-corrected chi connectivity index (χ0v) is 10.2. The van der Waals surface area contributed by atoms with E-state index in [1.54, 1.807) is 12.1 Å². The molecule has 0 aliphatic carbocycles. The first-order chi connectivity index (χ1) is 7.00. The van der Waals surface area contributed by atoms with Crippen LogP contribution in [0.1, 0.15) is 22.8 Å². The van der Waals surface area contributed by atoms with Crippen LogP contribution in [0, 0.1) is 6.92 Å². The minimum atomic E-state index is -0.187. The van der Waals surface area contributed by atoms with Gasteiger partial charge < -0.3 is 5.32 Å². The topological polar surface area (TPSA) is 29.1 Å². The van der Waals surface area contributed by atoms with Gasteiger partial charge in [-0.3, -0.25) is 4.79 Å². The Morgan fingerprint density at radius 2 is 2.20 bits per heavy atom. The van der Waals surface area contributed by atoms with Crippen molar-refractivity contribution in [2.24, 2.45) is 0 Å². The molecule has 0 saturated heterocycles. The normalized spacial score (nSPS) is 12.3. The molecule has 0 fully saturated rings. The van der Waals surface area contributed by atoms with Crippen LogP contribution in [0.3, 0.4) is 0 Å². The molecule has 1 unspecified atom stereocenters. The summed E-state index contributed by atoms with van der Waals surface area (Å²) in [6.45, 7) is 4.18. The molecule has 1 N–H and O–H groups in total. The summed E-state index contributed by atoms with van der Waals surface area (Å²) in [6, 6.07) is 5.33. The Hall–Kier alpha value is -0.730. The molecule has 1 aromatic rings. The predicted molar refractivity (Wildman–Crippen MR) is 63.8 cm³/mol. The number of hydrogen-bond acceptors (Lipinski definition) is 1. The second-order valence-corrected chi connectivity index (χ2v) is 4.63. The Morgan fingerprint density at radius 1 is 1.53 bits per heavy atom. The average molecular weight is 246 g/mol. The van der Waals surface area contributed by atoms with E-state index in [1.165, 1.54) is 0 Å². The van der Waals surface area contributed by atoms with Gasteiger partial charge in [0.15, 0.2) is 0 Å². The van der Waals surface area contributed by atoms with E-state index >= 15 is 0 Å². The number of amides is 1. The molecule has 0 aromatic heterocycles. The lowest BCUT2D eigenvalue weighted by Crippen LogP contribution is -2.28. The minimum Gasteiger partial charge on any atom is -0.351 e. The Balaban J connectivity index is 2.74. The summed E-state index contributed by atoms with van der Waals surface area (Å²) in [6.07, 6.45) is 0. The largest absolute Gasteiger partial charge is 0.351 e. The van der Waals surface area contributed by atoms with E-state index in [0.29, 0.717) is 17.1 Å². The van der Waals surface area contributed by atoms with E-state index in [4.69, 9.17) is 23.2 Å². The highest BCUT2D eigenvalue weighted by atomic mass is 35.5. The standard InChI is InChI=1S/C11H13Cl2NO/c1-7-3-4-9(10(13)5-7)11(15)14-6-8(2)12/h3-5,8H,6H2,1-2H3,(H,14,15). The number of aryl methyl sites for hydroxylation is 1. The maximum absolute atomic E-state index is 11.6. The maximum Gasteiger partial charge on any atom is 0.252 e. The van der Waals surface area contributed by atoms with Crippen LogP contribution in [0.4, 0.5) is 0 Å². The van der Waals surface area contributed by atoms with Crippen molar-refractivity contribution in [1.29, 1.82) is 0 Å². The summed E-state index contributed by atoms with van der Waals surface area (Å²) >= 11 is 11.7. The van der Waals surface area contributed by atoms with E-state index in [-0.39, 0.29) is 11.3 Å². The molecule has 0 bridgehead atoms. The Bertz CT molecular complexity index is 364. The van der Waals surface area contributed by atoms with Crippen molar-refractivity contribution in [2.45, 2.75) is 19.2 Å². The molecule has 2 nitrogen and oxygen atoms in total. The van der Waals surface area contributed by atoms with Crippen molar-refractivity contribution in [3.05, 3.63) is 34.3 Å². The molecule has 82 valence electrons. The molecule has 15 heavy (non-hydrogen) atoms. The van der Waals surface area contributed by atoms with Crippen LogP contribution in [0.2, 0.25) is 5.02 Å². The molecule has 0 saturated carbocycles. The quantitative estimate of drug-likeness (QED) is 0.816. The summed E-state index contributed by atoms with van der Waals surface area (Å²) in [4.78, 5) is 11.6. The molecular weight excluding hydrogens is 233 g/mol. The van der Waals surface area contributed by atoms with Gasteiger partial charge in [-0.15, -0.1) is 11.6 Å². The van der Waals surface area contributed by atoms with E-state index in [2.05, 4.69) is 5.32 Å². The van der Waals surface area contributed by atoms with Gasteiger partial charge in [0.2, 0.25) is 0 Å². The van der Waals surface area contributed by atoms with Gasteiger partial charge in [0.25, 0.3) is 5.91 Å². The van der Waals surface area contributed by atoms with Crippen LogP contribution in [0.15, 0.2) is 18.2 Å². The molecule has 1 aromatic carbocycles. The predicted octanol–water partition coefficient (Wildman–Crippen LogP) is 3.01. The molecule has 0 spiro atoms. The van der Waals surface area contributed by atoms with Gasteiger partial charge in [0.05, 0.1) is 10.6 Å². The molecule has 0 aliphatic heterocycles. The average Bonchev–Trinajstić information content (AvgIpc) is 2.14. The lowest BCUT2D eigenvalue weighted by molar-refractivity contribution is 0.0954. The fourth-order valence-corrected chi connectivity index (χ4v) is 1.53. The highest BCUT2D eigenvalue weighted by Crippen LogP contribution is 2.17. The number of hydrogen-bond donors (Lipinski definition) is 1. The SMILES string of the molecule is Cc1ccc(C(=O)NCC(C)Cl)c(Cl)c1. The lowest BCUT2D eigenvalue weighted by atomic mass is 10.1. The van der Waals surface area contributed by atoms with E-state index in [0.717, 1.165) is 5.56 Å². The second-order valence-electron chi connectivity index (χ2n) is 3.47. The number of benzene rings is 1. The van der Waals surface area contributed by atoms with Crippen molar-refractivity contribution < 1.29 is 4.79 Å². The smallest absolute Gasteiger partial charge is 0.252 e. The van der Waals surface area contributed by atoms with Crippen LogP contribution < -0.4 is 5.32 Å². The zero-order valence-electron chi connectivity index (χ0n) is 8.68. The van der Waals surface area contributed by atoms with Crippen LogP contribution in [0.25, 0.3) is 0 Å². The van der Waals surface area contributed by atoms with Crippen LogP contribution in [-0.4, -0.2) is 17.8 Å². The van der Waals surface area contributed by atoms with Gasteiger partial charge in [-0.05, 0) is 31.5 Å². The first kappa shape index (κ1) is 12.3. The highest BCUT2D eigenvalue weighted by molar-refractivity contribution is 6.33. The third-order valence-electron chi connectivity index (χ3n) is 1.91. The molecule has 0 radical (unpaired) electrons. The van der Waals surface area contributed by atoms with Crippen molar-refractivity contribution in [3.63, 3.8) is 0 Å². The number of alkyl halides is 1. The fourth-order valence-electron chi connectivity index (χ4n) is 1.13. The fraction of sp³-hybridized carbons (Fsp3) is 0.364. The third-order valence-corrected chi connectivity index (χ3v) is 2.38. The molecule has 1 atom stereocenters. The number of rotatable bonds is 3. The van der Waals surface area contributed by atoms with Gasteiger partial charge >= 0.3 is 0 Å². The van der Waals surface area contributed by atoms with Gasteiger partial charge in [-0.25, -0.2) is 0 Å². The van der Waals surface area contributed by atoms with Crippen LogP contribution in [-0.2, 0) is 0 Å². The van der Waals surface area contributed by atoms with Crippen molar-refractivity contribution in [3.8, 4) is 0 Å². The minimum absolute atomic E-state index is 0.0850. The molecule has 0 aliphatic rings. The lowest BCUT2D eigenvalue weighted by Gasteiger charge is -2.08. The molecular formula is C11H13Cl2NO.